The molecule has 2 rings (SSSR count). The Kier molecular flexibility index (Phi) is 6.47. The maximum Gasteiger partial charge on any atom is 0.0375 e. The van der Waals surface area contributed by atoms with Crippen molar-refractivity contribution in [1.82, 2.24) is 0 Å². The number of rotatable bonds is 6. The van der Waals surface area contributed by atoms with Crippen LogP contribution in [0.1, 0.15) is 75.7 Å². The van der Waals surface area contributed by atoms with Crippen molar-refractivity contribution in [2.45, 2.75) is 97.8 Å². The largest absolute Gasteiger partial charge is 0.361 e. The molecule has 0 N–H and O–H groups in total. The highest BCUT2D eigenvalue weighted by Gasteiger charge is 2.43. The van der Waals surface area contributed by atoms with E-state index in [2.05, 4.69) is 140 Å². The van der Waals surface area contributed by atoms with E-state index in [4.69, 9.17) is 0 Å². The second kappa shape index (κ2) is 8.05. The van der Waals surface area contributed by atoms with Crippen LogP contribution in [0.2, 0.25) is 0 Å². The molecule has 0 radical (unpaired) electrons. The summed E-state index contributed by atoms with van der Waals surface area (Å²) in [5, 5.41) is 0. The molecule has 0 saturated carbocycles. The van der Waals surface area contributed by atoms with E-state index in [0.29, 0.717) is 0 Å². The van der Waals surface area contributed by atoms with Crippen LogP contribution in [0.25, 0.3) is 0 Å². The van der Waals surface area contributed by atoms with Gasteiger partial charge in [-0.3, -0.25) is 0 Å². The van der Waals surface area contributed by atoms with Gasteiger partial charge < -0.3 is 9.80 Å². The van der Waals surface area contributed by atoms with E-state index >= 15 is 0 Å². The van der Waals surface area contributed by atoms with Crippen LogP contribution >= 0.6 is 0 Å². The van der Waals surface area contributed by atoms with E-state index in [1.807, 2.05) is 0 Å². The molecule has 0 aliphatic carbocycles. The van der Waals surface area contributed by atoms with Crippen LogP contribution in [0.15, 0.2) is 60.7 Å². The molecule has 2 heteroatoms. The van der Waals surface area contributed by atoms with Crippen LogP contribution in [-0.4, -0.2) is 22.2 Å². The molecule has 0 saturated heterocycles. The van der Waals surface area contributed by atoms with Crippen LogP contribution < -0.4 is 9.80 Å². The maximum absolute atomic E-state index is 2.59. The number of nitrogens with zero attached hydrogens (tertiary/aromatic N) is 2. The maximum atomic E-state index is 2.59. The second-order valence-electron chi connectivity index (χ2n) is 11.5. The van der Waals surface area contributed by atoms with Gasteiger partial charge in [0.2, 0.25) is 0 Å². The zero-order chi connectivity index (χ0) is 22.1. The van der Waals surface area contributed by atoms with Crippen LogP contribution in [0.4, 0.5) is 11.4 Å². The lowest BCUT2D eigenvalue weighted by Crippen LogP contribution is -2.62. The summed E-state index contributed by atoms with van der Waals surface area (Å²) in [7, 11) is 0. The van der Waals surface area contributed by atoms with Gasteiger partial charge >= 0.3 is 0 Å². The molecular weight excluding hydrogens is 352 g/mol. The Hall–Kier alpha value is -1.96. The summed E-state index contributed by atoms with van der Waals surface area (Å²) >= 11 is 0. The van der Waals surface area contributed by atoms with Gasteiger partial charge in [-0.1, -0.05) is 36.4 Å². The minimum Gasteiger partial charge on any atom is -0.361 e. The Bertz CT molecular complexity index is 694. The monoisotopic (exact) mass is 394 g/mol. The van der Waals surface area contributed by atoms with Crippen molar-refractivity contribution in [1.29, 1.82) is 0 Å². The number of hydrogen-bond acceptors (Lipinski definition) is 2. The number of hydrogen-bond donors (Lipinski definition) is 0. The van der Waals surface area contributed by atoms with Crippen LogP contribution in [0.3, 0.4) is 0 Å². The summed E-state index contributed by atoms with van der Waals surface area (Å²) in [5.74, 6) is 0. The summed E-state index contributed by atoms with van der Waals surface area (Å²) in [6.45, 7) is 23.4. The molecule has 0 aromatic heterocycles. The average Bonchev–Trinajstić information content (AvgIpc) is 2.52. The van der Waals surface area contributed by atoms with E-state index in [1.165, 1.54) is 11.4 Å². The molecular formula is C27H42N2. The molecule has 0 aliphatic rings. The standard InChI is InChI=1S/C27H42N2/c1-24(2,3)28(22-17-13-11-14-18-22)26(7,8)21-27(9,10)29(25(4,5)6)23-19-15-12-16-20-23/h11-20H,21H2,1-10H3. The van der Waals surface area contributed by atoms with Crippen LogP contribution in [0.5, 0.6) is 0 Å². The highest BCUT2D eigenvalue weighted by molar-refractivity contribution is 5.54. The molecule has 0 aliphatic heterocycles. The zero-order valence-corrected chi connectivity index (χ0v) is 20.4. The third kappa shape index (κ3) is 5.56. The fourth-order valence-corrected chi connectivity index (χ4v) is 5.66. The Balaban J connectivity index is 2.48. The van der Waals surface area contributed by atoms with E-state index in [1.54, 1.807) is 0 Å². The first kappa shape index (κ1) is 23.3. The summed E-state index contributed by atoms with van der Waals surface area (Å²) < 4.78 is 0. The van der Waals surface area contributed by atoms with E-state index in [0.717, 1.165) is 6.42 Å². The Morgan fingerprint density at radius 1 is 0.483 bits per heavy atom. The van der Waals surface area contributed by atoms with Crippen molar-refractivity contribution in [3.63, 3.8) is 0 Å². The quantitative estimate of drug-likeness (QED) is 0.499. The average molecular weight is 395 g/mol. The van der Waals surface area contributed by atoms with Gasteiger partial charge in [0.25, 0.3) is 0 Å². The van der Waals surface area contributed by atoms with Crippen molar-refractivity contribution < 1.29 is 0 Å². The van der Waals surface area contributed by atoms with Gasteiger partial charge in [0.15, 0.2) is 0 Å². The Morgan fingerprint density at radius 2 is 0.759 bits per heavy atom. The molecule has 0 atom stereocenters. The second-order valence-corrected chi connectivity index (χ2v) is 11.5. The molecule has 0 amide bonds. The molecule has 2 aromatic rings. The van der Waals surface area contributed by atoms with Gasteiger partial charge in [0.1, 0.15) is 0 Å². The lowest BCUT2D eigenvalue weighted by Gasteiger charge is -2.56. The molecule has 0 fully saturated rings. The highest BCUT2D eigenvalue weighted by Crippen LogP contribution is 2.41. The molecule has 160 valence electrons. The Labute approximate surface area is 179 Å². The van der Waals surface area contributed by atoms with Crippen molar-refractivity contribution >= 4 is 11.4 Å². The van der Waals surface area contributed by atoms with E-state index in [9.17, 15) is 0 Å². The third-order valence-electron chi connectivity index (χ3n) is 5.45. The fourth-order valence-electron chi connectivity index (χ4n) is 5.66. The predicted molar refractivity (Wildman–Crippen MR) is 130 cm³/mol. The topological polar surface area (TPSA) is 6.48 Å². The lowest BCUT2D eigenvalue weighted by atomic mass is 9.79. The van der Waals surface area contributed by atoms with Crippen molar-refractivity contribution in [2.75, 3.05) is 9.80 Å². The fraction of sp³-hybridized carbons (Fsp3) is 0.556. The van der Waals surface area contributed by atoms with Gasteiger partial charge in [-0.05, 0) is 99.9 Å². The first-order valence-electron chi connectivity index (χ1n) is 10.9. The normalized spacial score (nSPS) is 13.3. The zero-order valence-electron chi connectivity index (χ0n) is 20.4. The smallest absolute Gasteiger partial charge is 0.0375 e. The van der Waals surface area contributed by atoms with E-state index < -0.39 is 0 Å². The molecule has 2 aromatic carbocycles. The molecule has 0 heterocycles. The van der Waals surface area contributed by atoms with Crippen molar-refractivity contribution in [3.8, 4) is 0 Å². The van der Waals surface area contributed by atoms with Crippen molar-refractivity contribution in [2.24, 2.45) is 0 Å². The van der Waals surface area contributed by atoms with Gasteiger partial charge in [0.05, 0.1) is 0 Å². The predicted octanol–water partition coefficient (Wildman–Crippen LogP) is 7.54. The van der Waals surface area contributed by atoms with Gasteiger partial charge in [0, 0.05) is 33.5 Å². The number of para-hydroxylation sites is 2. The summed E-state index contributed by atoms with van der Waals surface area (Å²) in [6, 6.07) is 21.7. The van der Waals surface area contributed by atoms with Gasteiger partial charge in [-0.25, -0.2) is 0 Å². The molecule has 0 bridgehead atoms. The molecule has 2 nitrogen and oxygen atoms in total. The Morgan fingerprint density at radius 3 is 1.00 bits per heavy atom. The number of benzene rings is 2. The van der Waals surface area contributed by atoms with Gasteiger partial charge in [-0.15, -0.1) is 0 Å². The first-order valence-corrected chi connectivity index (χ1v) is 10.9. The minimum absolute atomic E-state index is 0.0141. The summed E-state index contributed by atoms with van der Waals surface area (Å²) in [6.07, 6.45) is 1.03. The summed E-state index contributed by atoms with van der Waals surface area (Å²) in [4.78, 5) is 5.18. The van der Waals surface area contributed by atoms with E-state index in [-0.39, 0.29) is 22.2 Å². The molecule has 0 spiro atoms. The van der Waals surface area contributed by atoms with Crippen LogP contribution in [-0.2, 0) is 0 Å². The minimum atomic E-state index is -0.0403. The first-order chi connectivity index (χ1) is 13.2. The summed E-state index contributed by atoms with van der Waals surface area (Å²) in [5.41, 5.74) is 2.51. The molecule has 29 heavy (non-hydrogen) atoms. The lowest BCUT2D eigenvalue weighted by molar-refractivity contribution is 0.249. The highest BCUT2D eigenvalue weighted by atomic mass is 15.3. The molecule has 0 unspecified atom stereocenters. The van der Waals surface area contributed by atoms with Crippen LogP contribution in [0, 0.1) is 0 Å². The van der Waals surface area contributed by atoms with Gasteiger partial charge in [-0.2, -0.15) is 0 Å². The SMILES string of the molecule is CC(C)(C)N(c1ccccc1)C(C)(C)CC(C)(C)N(c1ccccc1)C(C)(C)C. The van der Waals surface area contributed by atoms with Crippen molar-refractivity contribution in [3.05, 3.63) is 60.7 Å². The third-order valence-corrected chi connectivity index (χ3v) is 5.45. The number of anilines is 2.